The first-order valence-corrected chi connectivity index (χ1v) is 7.67. The van der Waals surface area contributed by atoms with Crippen LogP contribution in [0.2, 0.25) is 0 Å². The van der Waals surface area contributed by atoms with E-state index in [0.717, 1.165) is 22.3 Å². The molecule has 0 radical (unpaired) electrons. The highest BCUT2D eigenvalue weighted by Crippen LogP contribution is 2.40. The number of allylic oxidation sites excluding steroid dienone is 2. The van der Waals surface area contributed by atoms with Gasteiger partial charge in [0.1, 0.15) is 0 Å². The molecule has 0 saturated carbocycles. The third-order valence-electron chi connectivity index (χ3n) is 4.37. The van der Waals surface area contributed by atoms with Crippen LogP contribution >= 0.6 is 0 Å². The maximum atomic E-state index is 12.8. The molecule has 1 unspecified atom stereocenters. The molecule has 128 valence electrons. The van der Waals surface area contributed by atoms with Crippen LogP contribution in [0.25, 0.3) is 11.6 Å². The number of halogens is 3. The zero-order valence-electron chi connectivity index (χ0n) is 13.4. The van der Waals surface area contributed by atoms with Crippen molar-refractivity contribution >= 4 is 17.6 Å². The molecule has 5 heteroatoms. The van der Waals surface area contributed by atoms with E-state index in [4.69, 9.17) is 5.11 Å². The van der Waals surface area contributed by atoms with Crippen molar-refractivity contribution in [3.05, 3.63) is 59.2 Å². The van der Waals surface area contributed by atoms with Gasteiger partial charge in [0.2, 0.25) is 0 Å². The third kappa shape index (κ3) is 3.96. The molecule has 0 fully saturated rings. The Labute approximate surface area is 139 Å². The molecule has 24 heavy (non-hydrogen) atoms. The normalized spacial score (nSPS) is 18.9. The number of carboxylic acid groups (broad SMARTS) is 1. The second kappa shape index (κ2) is 7.07. The summed E-state index contributed by atoms with van der Waals surface area (Å²) in [5.41, 5.74) is 3.42. The van der Waals surface area contributed by atoms with Gasteiger partial charge in [-0.2, -0.15) is 13.2 Å². The number of rotatable bonds is 4. The first-order valence-electron chi connectivity index (χ1n) is 7.67. The van der Waals surface area contributed by atoms with Gasteiger partial charge in [-0.1, -0.05) is 36.9 Å². The molecule has 0 amide bonds. The van der Waals surface area contributed by atoms with E-state index < -0.39 is 18.1 Å². The van der Waals surface area contributed by atoms with E-state index in [1.165, 1.54) is 12.2 Å². The Hall–Kier alpha value is -2.30. The molecule has 2 rings (SSSR count). The van der Waals surface area contributed by atoms with Gasteiger partial charge < -0.3 is 5.11 Å². The Kier molecular flexibility index (Phi) is 5.32. The number of hydrogen-bond donors (Lipinski definition) is 1. The number of benzene rings is 1. The van der Waals surface area contributed by atoms with Gasteiger partial charge in [0, 0.05) is 0 Å². The molecule has 1 aliphatic rings. The summed E-state index contributed by atoms with van der Waals surface area (Å²) in [5, 5.41) is 9.09. The molecule has 1 atom stereocenters. The van der Waals surface area contributed by atoms with Gasteiger partial charge in [-0.15, -0.1) is 0 Å². The lowest BCUT2D eigenvalue weighted by atomic mass is 9.84. The van der Waals surface area contributed by atoms with Crippen LogP contribution in [-0.2, 0) is 4.79 Å². The lowest BCUT2D eigenvalue weighted by Crippen LogP contribution is -2.24. The van der Waals surface area contributed by atoms with Crippen molar-refractivity contribution in [2.75, 3.05) is 0 Å². The molecule has 0 aromatic heterocycles. The molecule has 1 aromatic carbocycles. The zero-order chi connectivity index (χ0) is 17.9. The number of aliphatic carboxylic acids is 1. The van der Waals surface area contributed by atoms with Gasteiger partial charge in [0.05, 0.1) is 11.5 Å². The van der Waals surface area contributed by atoms with Crippen LogP contribution in [-0.4, -0.2) is 17.3 Å². The van der Waals surface area contributed by atoms with Gasteiger partial charge in [-0.25, -0.2) is 4.79 Å². The molecule has 1 N–H and O–H groups in total. The molecule has 0 saturated heterocycles. The SMILES string of the molecule is C=C/C(=C\c1cccc(C2=CCC(C(F)(F)F)CC2)c1C)C(=O)O. The third-order valence-corrected chi connectivity index (χ3v) is 4.37. The highest BCUT2D eigenvalue weighted by Gasteiger charge is 2.39. The second-order valence-corrected chi connectivity index (χ2v) is 5.87. The van der Waals surface area contributed by atoms with Crippen LogP contribution in [0.5, 0.6) is 0 Å². The average Bonchev–Trinajstić information content (AvgIpc) is 2.53. The van der Waals surface area contributed by atoms with Crippen molar-refractivity contribution in [3.63, 3.8) is 0 Å². The van der Waals surface area contributed by atoms with Gasteiger partial charge in [0.25, 0.3) is 0 Å². The lowest BCUT2D eigenvalue weighted by Gasteiger charge is -2.25. The number of hydrogen-bond acceptors (Lipinski definition) is 1. The number of alkyl halides is 3. The molecule has 2 nitrogen and oxygen atoms in total. The molecule has 0 bridgehead atoms. The van der Waals surface area contributed by atoms with Crippen molar-refractivity contribution in [1.82, 2.24) is 0 Å². The Morgan fingerprint density at radius 2 is 2.08 bits per heavy atom. The molecule has 0 heterocycles. The summed E-state index contributed by atoms with van der Waals surface area (Å²) < 4.78 is 38.3. The maximum absolute atomic E-state index is 12.8. The Bertz CT molecular complexity index is 712. The Balaban J connectivity index is 2.34. The van der Waals surface area contributed by atoms with Gasteiger partial charge in [-0.3, -0.25) is 0 Å². The van der Waals surface area contributed by atoms with Gasteiger partial charge >= 0.3 is 12.1 Å². The van der Waals surface area contributed by atoms with Gasteiger partial charge in [-0.05, 0) is 54.5 Å². The zero-order valence-corrected chi connectivity index (χ0v) is 13.4. The van der Waals surface area contributed by atoms with E-state index in [9.17, 15) is 18.0 Å². The lowest BCUT2D eigenvalue weighted by molar-refractivity contribution is -0.175. The molecule has 0 aliphatic heterocycles. The van der Waals surface area contributed by atoms with E-state index in [1.807, 2.05) is 13.0 Å². The van der Waals surface area contributed by atoms with Crippen LogP contribution in [0.4, 0.5) is 13.2 Å². The van der Waals surface area contributed by atoms with Crippen molar-refractivity contribution in [1.29, 1.82) is 0 Å². The topological polar surface area (TPSA) is 37.3 Å². The minimum absolute atomic E-state index is 0.00856. The van der Waals surface area contributed by atoms with Crippen molar-refractivity contribution in [2.24, 2.45) is 5.92 Å². The summed E-state index contributed by atoms with van der Waals surface area (Å²) in [6.07, 6.45) is 0.738. The maximum Gasteiger partial charge on any atom is 0.392 e. The smallest absolute Gasteiger partial charge is 0.392 e. The summed E-state index contributed by atoms with van der Waals surface area (Å²) >= 11 is 0. The van der Waals surface area contributed by atoms with Crippen molar-refractivity contribution < 1.29 is 23.1 Å². The fraction of sp³-hybridized carbons (Fsp3) is 0.316. The summed E-state index contributed by atoms with van der Waals surface area (Å²) in [4.78, 5) is 11.1. The van der Waals surface area contributed by atoms with Gasteiger partial charge in [0.15, 0.2) is 0 Å². The predicted molar refractivity (Wildman–Crippen MR) is 88.4 cm³/mol. The van der Waals surface area contributed by atoms with Crippen LogP contribution in [0, 0.1) is 12.8 Å². The van der Waals surface area contributed by atoms with E-state index in [-0.39, 0.29) is 18.4 Å². The molecule has 0 spiro atoms. The molecule has 1 aromatic rings. The molecule has 1 aliphatic carbocycles. The van der Waals surface area contributed by atoms with Crippen LogP contribution in [0.1, 0.15) is 36.0 Å². The highest BCUT2D eigenvalue weighted by molar-refractivity contribution is 5.95. The fourth-order valence-electron chi connectivity index (χ4n) is 2.91. The number of carbonyl (C=O) groups is 1. The minimum atomic E-state index is -4.15. The second-order valence-electron chi connectivity index (χ2n) is 5.87. The quantitative estimate of drug-likeness (QED) is 0.591. The van der Waals surface area contributed by atoms with Crippen LogP contribution in [0.15, 0.2) is 42.5 Å². The van der Waals surface area contributed by atoms with E-state index in [0.29, 0.717) is 6.42 Å². The summed E-state index contributed by atoms with van der Waals surface area (Å²) in [7, 11) is 0. The highest BCUT2D eigenvalue weighted by atomic mass is 19.4. The molecular weight excluding hydrogens is 317 g/mol. The van der Waals surface area contributed by atoms with E-state index >= 15 is 0 Å². The molecular formula is C19H19F3O2. The number of carboxylic acids is 1. The van der Waals surface area contributed by atoms with E-state index in [2.05, 4.69) is 6.58 Å². The Morgan fingerprint density at radius 3 is 2.58 bits per heavy atom. The largest absolute Gasteiger partial charge is 0.478 e. The summed E-state index contributed by atoms with van der Waals surface area (Å²) in [6.45, 7) is 5.33. The van der Waals surface area contributed by atoms with Crippen molar-refractivity contribution in [3.8, 4) is 0 Å². The first kappa shape index (κ1) is 18.0. The monoisotopic (exact) mass is 336 g/mol. The fourth-order valence-corrected chi connectivity index (χ4v) is 2.91. The summed E-state index contributed by atoms with van der Waals surface area (Å²) in [6, 6.07) is 5.43. The van der Waals surface area contributed by atoms with Crippen molar-refractivity contribution in [2.45, 2.75) is 32.4 Å². The van der Waals surface area contributed by atoms with Crippen LogP contribution in [0.3, 0.4) is 0 Å². The first-order chi connectivity index (χ1) is 11.2. The van der Waals surface area contributed by atoms with E-state index in [1.54, 1.807) is 18.2 Å². The van der Waals surface area contributed by atoms with Crippen LogP contribution < -0.4 is 0 Å². The summed E-state index contributed by atoms with van der Waals surface area (Å²) in [5.74, 6) is -2.34. The Morgan fingerprint density at radius 1 is 1.38 bits per heavy atom. The average molecular weight is 336 g/mol. The standard InChI is InChI=1S/C19H19F3O2/c1-3-13(18(23)24)11-15-5-4-6-17(12(15)2)14-7-9-16(10-8-14)19(20,21)22/h3-7,11,16H,1,8-10H2,2H3,(H,23,24)/b13-11+. The minimum Gasteiger partial charge on any atom is -0.478 e. The predicted octanol–water partition coefficient (Wildman–Crippen LogP) is 5.39.